The van der Waals surface area contributed by atoms with E-state index in [0.717, 1.165) is 57.5 Å². The van der Waals surface area contributed by atoms with Crippen LogP contribution in [0.25, 0.3) is 0 Å². The SMILES string of the molecule is CN=C(NCCc1cccc(OC)c1)NCC(CC(C)C)N1CCOCC1.I. The molecule has 1 aliphatic heterocycles. The summed E-state index contributed by atoms with van der Waals surface area (Å²) in [6.45, 7) is 10.0. The maximum Gasteiger partial charge on any atom is 0.191 e. The Balaban J connectivity index is 0.00000392. The molecule has 1 unspecified atom stereocenters. The Morgan fingerprint density at radius 1 is 1.25 bits per heavy atom. The number of nitrogens with zero attached hydrogens (tertiary/aromatic N) is 2. The van der Waals surface area contributed by atoms with Crippen molar-refractivity contribution < 1.29 is 9.47 Å². The highest BCUT2D eigenvalue weighted by Gasteiger charge is 2.22. The van der Waals surface area contributed by atoms with E-state index in [1.54, 1.807) is 7.11 Å². The van der Waals surface area contributed by atoms with Crippen molar-refractivity contribution in [2.24, 2.45) is 10.9 Å². The van der Waals surface area contributed by atoms with Crippen LogP contribution < -0.4 is 15.4 Å². The molecule has 1 fully saturated rings. The maximum absolute atomic E-state index is 5.51. The molecule has 160 valence electrons. The van der Waals surface area contributed by atoms with E-state index in [2.05, 4.69) is 46.5 Å². The molecule has 1 aliphatic rings. The number of nitrogens with one attached hydrogen (secondary N) is 2. The Kier molecular flexibility index (Phi) is 12.5. The van der Waals surface area contributed by atoms with Crippen LogP contribution in [0.3, 0.4) is 0 Å². The van der Waals surface area contributed by atoms with E-state index in [-0.39, 0.29) is 24.0 Å². The van der Waals surface area contributed by atoms with Crippen LogP contribution in [0.15, 0.2) is 29.3 Å². The predicted octanol–water partition coefficient (Wildman–Crippen LogP) is 2.77. The Bertz CT molecular complexity index is 577. The zero-order valence-corrected chi connectivity index (χ0v) is 20.1. The lowest BCUT2D eigenvalue weighted by Crippen LogP contribution is -2.51. The molecule has 0 saturated carbocycles. The summed E-state index contributed by atoms with van der Waals surface area (Å²) >= 11 is 0. The van der Waals surface area contributed by atoms with E-state index >= 15 is 0 Å². The number of morpholine rings is 1. The minimum Gasteiger partial charge on any atom is -0.497 e. The highest BCUT2D eigenvalue weighted by atomic mass is 127. The number of methoxy groups -OCH3 is 1. The molecule has 2 N–H and O–H groups in total. The molecule has 0 spiro atoms. The van der Waals surface area contributed by atoms with Crippen molar-refractivity contribution in [2.75, 3.05) is 53.6 Å². The Hall–Kier alpha value is -1.06. The van der Waals surface area contributed by atoms with Gasteiger partial charge in [0.2, 0.25) is 0 Å². The van der Waals surface area contributed by atoms with Gasteiger partial charge in [0, 0.05) is 39.3 Å². The van der Waals surface area contributed by atoms with Gasteiger partial charge < -0.3 is 20.1 Å². The van der Waals surface area contributed by atoms with Crippen molar-refractivity contribution >= 4 is 29.9 Å². The average molecular weight is 504 g/mol. The lowest BCUT2D eigenvalue weighted by atomic mass is 10.0. The van der Waals surface area contributed by atoms with Crippen molar-refractivity contribution in [1.82, 2.24) is 15.5 Å². The summed E-state index contributed by atoms with van der Waals surface area (Å²) in [6.07, 6.45) is 2.10. The first-order chi connectivity index (χ1) is 13.1. The quantitative estimate of drug-likeness (QED) is 0.308. The van der Waals surface area contributed by atoms with Gasteiger partial charge in [-0.25, -0.2) is 0 Å². The van der Waals surface area contributed by atoms with Crippen molar-refractivity contribution in [3.63, 3.8) is 0 Å². The second-order valence-corrected chi connectivity index (χ2v) is 7.41. The number of aliphatic imine (C=N–C) groups is 1. The Morgan fingerprint density at radius 2 is 2.00 bits per heavy atom. The number of guanidine groups is 1. The molecule has 7 heteroatoms. The van der Waals surface area contributed by atoms with Crippen LogP contribution in [0.4, 0.5) is 0 Å². The summed E-state index contributed by atoms with van der Waals surface area (Å²) in [7, 11) is 3.53. The van der Waals surface area contributed by atoms with Gasteiger partial charge in [-0.1, -0.05) is 26.0 Å². The molecule has 0 aliphatic carbocycles. The number of halogens is 1. The first-order valence-electron chi connectivity index (χ1n) is 10.0. The van der Waals surface area contributed by atoms with E-state index in [1.807, 2.05) is 19.2 Å². The van der Waals surface area contributed by atoms with Gasteiger partial charge in [0.15, 0.2) is 5.96 Å². The second kappa shape index (κ2) is 14.0. The summed E-state index contributed by atoms with van der Waals surface area (Å²) < 4.78 is 10.8. The third-order valence-corrected chi connectivity index (χ3v) is 4.87. The summed E-state index contributed by atoms with van der Waals surface area (Å²) in [6, 6.07) is 8.70. The van der Waals surface area contributed by atoms with Crippen LogP contribution in [0.1, 0.15) is 25.8 Å². The van der Waals surface area contributed by atoms with Gasteiger partial charge in [-0.3, -0.25) is 9.89 Å². The smallest absolute Gasteiger partial charge is 0.191 e. The fourth-order valence-corrected chi connectivity index (χ4v) is 3.44. The van der Waals surface area contributed by atoms with Crippen molar-refractivity contribution in [3.05, 3.63) is 29.8 Å². The molecule has 0 aromatic heterocycles. The second-order valence-electron chi connectivity index (χ2n) is 7.41. The molecule has 1 saturated heterocycles. The highest BCUT2D eigenvalue weighted by molar-refractivity contribution is 14.0. The number of hydrogen-bond donors (Lipinski definition) is 2. The van der Waals surface area contributed by atoms with Gasteiger partial charge in [0.25, 0.3) is 0 Å². The van der Waals surface area contributed by atoms with Gasteiger partial charge in [-0.05, 0) is 36.5 Å². The van der Waals surface area contributed by atoms with Gasteiger partial charge >= 0.3 is 0 Å². The third-order valence-electron chi connectivity index (χ3n) is 4.87. The normalized spacial score (nSPS) is 16.4. The van der Waals surface area contributed by atoms with Crippen molar-refractivity contribution in [3.8, 4) is 5.75 Å². The monoisotopic (exact) mass is 504 g/mol. The minimum atomic E-state index is 0. The molecule has 1 atom stereocenters. The Morgan fingerprint density at radius 3 is 2.64 bits per heavy atom. The molecule has 28 heavy (non-hydrogen) atoms. The molecule has 1 aromatic carbocycles. The van der Waals surface area contributed by atoms with Crippen LogP contribution in [-0.4, -0.2) is 70.5 Å². The molecule has 0 bridgehead atoms. The van der Waals surface area contributed by atoms with Gasteiger partial charge in [-0.2, -0.15) is 0 Å². The van der Waals surface area contributed by atoms with Gasteiger partial charge in [0.1, 0.15) is 5.75 Å². The van der Waals surface area contributed by atoms with Crippen molar-refractivity contribution in [1.29, 1.82) is 0 Å². The van der Waals surface area contributed by atoms with E-state index in [0.29, 0.717) is 12.0 Å². The first-order valence-corrected chi connectivity index (χ1v) is 10.0. The molecule has 2 rings (SSSR count). The van der Waals surface area contributed by atoms with Gasteiger partial charge in [-0.15, -0.1) is 24.0 Å². The topological polar surface area (TPSA) is 58.1 Å². The summed E-state index contributed by atoms with van der Waals surface area (Å²) in [4.78, 5) is 6.92. The van der Waals surface area contributed by atoms with Gasteiger partial charge in [0.05, 0.1) is 20.3 Å². The number of benzene rings is 1. The van der Waals surface area contributed by atoms with Crippen molar-refractivity contribution in [2.45, 2.75) is 32.7 Å². The molecule has 0 amide bonds. The molecule has 6 nitrogen and oxygen atoms in total. The van der Waals surface area contributed by atoms with Crippen LogP contribution in [-0.2, 0) is 11.2 Å². The van der Waals surface area contributed by atoms with E-state index < -0.39 is 0 Å². The molecular formula is C21H37IN4O2. The zero-order valence-electron chi connectivity index (χ0n) is 17.7. The summed E-state index contributed by atoms with van der Waals surface area (Å²) in [5, 5.41) is 6.93. The first kappa shape index (κ1) is 25.0. The van der Waals surface area contributed by atoms with E-state index in [4.69, 9.17) is 9.47 Å². The molecule has 1 heterocycles. The highest BCUT2D eigenvalue weighted by Crippen LogP contribution is 2.13. The minimum absolute atomic E-state index is 0. The lowest BCUT2D eigenvalue weighted by molar-refractivity contribution is 0.0132. The van der Waals surface area contributed by atoms with Crippen LogP contribution in [0.5, 0.6) is 5.75 Å². The number of ether oxygens (including phenoxy) is 2. The van der Waals surface area contributed by atoms with E-state index in [1.165, 1.54) is 12.0 Å². The summed E-state index contributed by atoms with van der Waals surface area (Å²) in [5.74, 6) is 2.43. The van der Waals surface area contributed by atoms with Crippen LogP contribution in [0, 0.1) is 5.92 Å². The predicted molar refractivity (Wildman–Crippen MR) is 127 cm³/mol. The molecule has 0 radical (unpaired) electrons. The number of rotatable bonds is 9. The Labute approximate surface area is 187 Å². The summed E-state index contributed by atoms with van der Waals surface area (Å²) in [5.41, 5.74) is 1.25. The van der Waals surface area contributed by atoms with E-state index in [9.17, 15) is 0 Å². The van der Waals surface area contributed by atoms with Crippen LogP contribution in [0.2, 0.25) is 0 Å². The molecule has 1 aromatic rings. The standard InChI is InChI=1S/C21H36N4O2.HI/c1-17(2)14-19(25-10-12-27-13-11-25)16-24-21(22-3)23-9-8-18-6-5-7-20(15-18)26-4;/h5-7,15,17,19H,8-14,16H2,1-4H3,(H2,22,23,24);1H. The fourth-order valence-electron chi connectivity index (χ4n) is 3.44. The zero-order chi connectivity index (χ0) is 19.5. The lowest BCUT2D eigenvalue weighted by Gasteiger charge is -2.35. The third kappa shape index (κ3) is 8.96. The fraction of sp³-hybridized carbons (Fsp3) is 0.667. The molecular weight excluding hydrogens is 467 g/mol. The number of hydrogen-bond acceptors (Lipinski definition) is 4. The maximum atomic E-state index is 5.51. The largest absolute Gasteiger partial charge is 0.497 e. The average Bonchev–Trinajstić information content (AvgIpc) is 2.70. The van der Waals surface area contributed by atoms with Crippen LogP contribution >= 0.6 is 24.0 Å².